The summed E-state index contributed by atoms with van der Waals surface area (Å²) in [5.74, 6) is 0.332. The second-order valence-electron chi connectivity index (χ2n) is 9.93. The number of ketones is 2. The van der Waals surface area contributed by atoms with Gasteiger partial charge in [0.15, 0.2) is 11.6 Å². The van der Waals surface area contributed by atoms with Crippen LogP contribution in [-0.2, 0) is 9.59 Å². The van der Waals surface area contributed by atoms with E-state index in [0.717, 1.165) is 38.5 Å². The summed E-state index contributed by atoms with van der Waals surface area (Å²) in [5, 5.41) is 10.3. The van der Waals surface area contributed by atoms with E-state index in [9.17, 15) is 14.7 Å². The molecule has 144 valence electrons. The Hall–Kier alpha value is -0.960. The molecule has 1 spiro atoms. The van der Waals surface area contributed by atoms with Crippen molar-refractivity contribution in [2.75, 3.05) is 6.61 Å². The molecule has 3 heteroatoms. The zero-order valence-corrected chi connectivity index (χ0v) is 16.6. The molecule has 0 saturated heterocycles. The van der Waals surface area contributed by atoms with Gasteiger partial charge in [0.25, 0.3) is 0 Å². The molecule has 0 amide bonds. The van der Waals surface area contributed by atoms with Crippen LogP contribution in [0.3, 0.4) is 0 Å². The van der Waals surface area contributed by atoms with Crippen molar-refractivity contribution in [2.24, 2.45) is 39.9 Å². The van der Waals surface area contributed by atoms with Crippen LogP contribution < -0.4 is 0 Å². The lowest BCUT2D eigenvalue weighted by Gasteiger charge is -2.69. The van der Waals surface area contributed by atoms with E-state index in [4.69, 9.17) is 0 Å². The van der Waals surface area contributed by atoms with E-state index in [2.05, 4.69) is 27.4 Å². The third-order valence-corrected chi connectivity index (χ3v) is 9.49. The first kappa shape index (κ1) is 18.4. The number of Topliss-reactive ketones (excluding diaryl/α,β-unsaturated/α-hetero) is 2. The minimum absolute atomic E-state index is 0.0132. The van der Waals surface area contributed by atoms with Crippen LogP contribution in [-0.4, -0.2) is 23.3 Å². The molecule has 5 aliphatic carbocycles. The first-order valence-corrected chi connectivity index (χ1v) is 10.7. The third-order valence-electron chi connectivity index (χ3n) is 9.49. The molecule has 1 N–H and O–H groups in total. The van der Waals surface area contributed by atoms with Crippen LogP contribution >= 0.6 is 0 Å². The second-order valence-corrected chi connectivity index (χ2v) is 9.93. The number of carbonyl (C=O) groups excluding carboxylic acids is 2. The van der Waals surface area contributed by atoms with Crippen molar-refractivity contribution in [2.45, 2.75) is 72.1 Å². The predicted octanol–water partition coefficient (Wildman–Crippen LogP) is 4.33. The summed E-state index contributed by atoms with van der Waals surface area (Å²) in [6.45, 7) is 10.8. The van der Waals surface area contributed by atoms with Gasteiger partial charge in [-0.15, -0.1) is 0 Å². The highest BCUT2D eigenvalue weighted by Crippen LogP contribution is 2.72. The summed E-state index contributed by atoms with van der Waals surface area (Å²) in [6.07, 6.45) is 8.01. The first-order chi connectivity index (χ1) is 12.3. The quantitative estimate of drug-likeness (QED) is 0.603. The Morgan fingerprint density at radius 2 is 1.88 bits per heavy atom. The van der Waals surface area contributed by atoms with Crippen LogP contribution in [0.2, 0.25) is 0 Å². The molecule has 5 rings (SSSR count). The first-order valence-electron chi connectivity index (χ1n) is 10.7. The van der Waals surface area contributed by atoms with Gasteiger partial charge in [0.2, 0.25) is 0 Å². The fourth-order valence-electron chi connectivity index (χ4n) is 8.19. The molecule has 0 aromatic heterocycles. The Labute approximate surface area is 157 Å². The smallest absolute Gasteiger partial charge is 0.172 e. The molecule has 2 bridgehead atoms. The number of allylic oxidation sites excluding steroid dienone is 1. The summed E-state index contributed by atoms with van der Waals surface area (Å²) >= 11 is 0. The van der Waals surface area contributed by atoms with Gasteiger partial charge in [-0.05, 0) is 72.7 Å². The van der Waals surface area contributed by atoms with Crippen molar-refractivity contribution >= 4 is 11.6 Å². The topological polar surface area (TPSA) is 54.4 Å². The fourth-order valence-corrected chi connectivity index (χ4v) is 8.19. The SMILES string of the molecule is C=C1C(=O)[C@]23CC[C@H]1CC2[C@]1(CC)CCC[C@@](C)(CC)C1C(CO)C3=O. The normalized spacial score (nSPS) is 50.5. The number of aliphatic hydroxyl groups is 1. The summed E-state index contributed by atoms with van der Waals surface area (Å²) in [5.41, 5.74) is -0.0939. The fraction of sp³-hybridized carbons (Fsp3) is 0.826. The summed E-state index contributed by atoms with van der Waals surface area (Å²) in [6, 6.07) is 0. The average Bonchev–Trinajstić information content (AvgIpc) is 2.66. The monoisotopic (exact) mass is 358 g/mol. The van der Waals surface area contributed by atoms with E-state index >= 15 is 0 Å². The minimum Gasteiger partial charge on any atom is -0.396 e. The maximum atomic E-state index is 13.8. The van der Waals surface area contributed by atoms with E-state index in [-0.39, 0.29) is 52.7 Å². The Kier molecular flexibility index (Phi) is 4.08. The van der Waals surface area contributed by atoms with Crippen LogP contribution in [0.15, 0.2) is 12.2 Å². The molecule has 7 atom stereocenters. The van der Waals surface area contributed by atoms with Gasteiger partial charge in [0, 0.05) is 5.92 Å². The maximum absolute atomic E-state index is 13.8. The van der Waals surface area contributed by atoms with E-state index in [1.165, 1.54) is 6.42 Å². The third kappa shape index (κ3) is 1.89. The number of carbonyl (C=O) groups is 2. The number of rotatable bonds is 3. The van der Waals surface area contributed by atoms with Gasteiger partial charge in [-0.3, -0.25) is 9.59 Å². The maximum Gasteiger partial charge on any atom is 0.172 e. The van der Waals surface area contributed by atoms with Crippen molar-refractivity contribution in [1.29, 1.82) is 0 Å². The Morgan fingerprint density at radius 1 is 1.15 bits per heavy atom. The zero-order valence-electron chi connectivity index (χ0n) is 16.6. The molecule has 0 aromatic rings. The van der Waals surface area contributed by atoms with Crippen molar-refractivity contribution in [1.82, 2.24) is 0 Å². The average molecular weight is 359 g/mol. The molecule has 0 heterocycles. The van der Waals surface area contributed by atoms with Crippen LogP contribution in [0.25, 0.3) is 0 Å². The molecule has 5 fully saturated rings. The number of fused-ring (bicyclic) bond motifs is 3. The number of aliphatic hydroxyl groups excluding tert-OH is 1. The number of hydrogen-bond donors (Lipinski definition) is 1. The van der Waals surface area contributed by atoms with Gasteiger partial charge in [0.1, 0.15) is 0 Å². The molecular weight excluding hydrogens is 324 g/mol. The molecule has 26 heavy (non-hydrogen) atoms. The molecule has 5 aliphatic rings. The highest BCUT2D eigenvalue weighted by molar-refractivity contribution is 6.17. The van der Waals surface area contributed by atoms with Crippen molar-refractivity contribution in [3.8, 4) is 0 Å². The highest BCUT2D eigenvalue weighted by atomic mass is 16.3. The minimum atomic E-state index is -0.877. The molecule has 5 saturated carbocycles. The van der Waals surface area contributed by atoms with Crippen LogP contribution in [0.4, 0.5) is 0 Å². The molecule has 0 aromatic carbocycles. The Bertz CT molecular complexity index is 666. The van der Waals surface area contributed by atoms with Crippen LogP contribution in [0.1, 0.15) is 72.1 Å². The van der Waals surface area contributed by atoms with Gasteiger partial charge in [-0.25, -0.2) is 0 Å². The summed E-state index contributed by atoms with van der Waals surface area (Å²) in [7, 11) is 0. The Morgan fingerprint density at radius 3 is 2.50 bits per heavy atom. The molecule has 3 nitrogen and oxygen atoms in total. The highest BCUT2D eigenvalue weighted by Gasteiger charge is 2.73. The van der Waals surface area contributed by atoms with Crippen LogP contribution in [0.5, 0.6) is 0 Å². The van der Waals surface area contributed by atoms with E-state index < -0.39 is 5.41 Å². The second kappa shape index (κ2) is 5.77. The van der Waals surface area contributed by atoms with Gasteiger partial charge in [0.05, 0.1) is 12.0 Å². The Balaban J connectivity index is 1.94. The van der Waals surface area contributed by atoms with E-state index in [1.807, 2.05) is 0 Å². The molecule has 3 unspecified atom stereocenters. The van der Waals surface area contributed by atoms with Gasteiger partial charge < -0.3 is 5.11 Å². The molecular formula is C23H34O3. The lowest BCUT2D eigenvalue weighted by atomic mass is 9.33. The van der Waals surface area contributed by atoms with Crippen molar-refractivity contribution in [3.05, 3.63) is 12.2 Å². The zero-order chi connectivity index (χ0) is 18.9. The van der Waals surface area contributed by atoms with E-state index in [1.54, 1.807) is 0 Å². The van der Waals surface area contributed by atoms with Gasteiger partial charge >= 0.3 is 0 Å². The van der Waals surface area contributed by atoms with E-state index in [0.29, 0.717) is 12.0 Å². The van der Waals surface area contributed by atoms with Gasteiger partial charge in [-0.2, -0.15) is 0 Å². The number of hydrogen-bond acceptors (Lipinski definition) is 3. The van der Waals surface area contributed by atoms with Crippen LogP contribution in [0, 0.1) is 39.9 Å². The van der Waals surface area contributed by atoms with Gasteiger partial charge in [-0.1, -0.05) is 40.2 Å². The summed E-state index contributed by atoms with van der Waals surface area (Å²) < 4.78 is 0. The largest absolute Gasteiger partial charge is 0.396 e. The molecule has 0 aliphatic heterocycles. The molecule has 0 radical (unpaired) electrons. The lowest BCUT2D eigenvalue weighted by Crippen LogP contribution is -2.70. The summed E-state index contributed by atoms with van der Waals surface area (Å²) in [4.78, 5) is 27.2. The predicted molar refractivity (Wildman–Crippen MR) is 101 cm³/mol. The standard InChI is InChI=1S/C23H34O3/c1-5-21(4)9-7-10-22(6-2)17-12-15-8-11-23(17,19(25)14(15)3)20(26)16(13-24)18(21)22/h15-18,24H,3,5-13H2,1-2,4H3/t15-,16?,17?,18?,21+,22-,23-/m0/s1. The van der Waals surface area contributed by atoms with Crippen molar-refractivity contribution < 1.29 is 14.7 Å². The van der Waals surface area contributed by atoms with Crippen molar-refractivity contribution in [3.63, 3.8) is 0 Å². The lowest BCUT2D eigenvalue weighted by molar-refractivity contribution is -0.207.